The van der Waals surface area contributed by atoms with Gasteiger partial charge in [0, 0.05) is 18.7 Å². The maximum atomic E-state index is 12.2. The Balaban J connectivity index is 1.49. The van der Waals surface area contributed by atoms with E-state index in [0.29, 0.717) is 24.6 Å². The van der Waals surface area contributed by atoms with Crippen molar-refractivity contribution in [2.24, 2.45) is 0 Å². The van der Waals surface area contributed by atoms with Crippen molar-refractivity contribution in [2.75, 3.05) is 18.1 Å². The minimum Gasteiger partial charge on any atom is -0.484 e. The molecule has 1 N–H and O–H groups in total. The number of carbonyl (C=O) groups is 2. The molecule has 3 rings (SSSR count). The molecule has 0 saturated carbocycles. The number of carbonyl (C=O) groups excluding carboxylic acids is 2. The van der Waals surface area contributed by atoms with Gasteiger partial charge in [-0.15, -0.1) is 0 Å². The first-order valence-corrected chi connectivity index (χ1v) is 8.90. The van der Waals surface area contributed by atoms with Gasteiger partial charge in [-0.25, -0.2) is 0 Å². The topological polar surface area (TPSA) is 58.6 Å². The summed E-state index contributed by atoms with van der Waals surface area (Å²) in [6.07, 6.45) is 0.309. The number of amides is 2. The number of para-hydroxylation sites is 1. The molecule has 26 heavy (non-hydrogen) atoms. The second-order valence-electron chi connectivity index (χ2n) is 6.82. The SMILES string of the molecule is CC(C)c1ccc(OCC(=O)N[C@H]2CC(=O)N(c3ccccc3)C2)cc1. The Labute approximate surface area is 154 Å². The number of nitrogens with one attached hydrogen (secondary N) is 1. The Hall–Kier alpha value is -2.82. The van der Waals surface area contributed by atoms with E-state index in [0.717, 1.165) is 5.69 Å². The van der Waals surface area contributed by atoms with Crippen molar-refractivity contribution in [3.8, 4) is 5.75 Å². The Morgan fingerprint density at radius 2 is 1.85 bits per heavy atom. The Bertz CT molecular complexity index is 757. The zero-order valence-corrected chi connectivity index (χ0v) is 15.1. The Morgan fingerprint density at radius 3 is 2.50 bits per heavy atom. The van der Waals surface area contributed by atoms with E-state index in [1.54, 1.807) is 4.90 Å². The monoisotopic (exact) mass is 352 g/mol. The van der Waals surface area contributed by atoms with Crippen molar-refractivity contribution in [3.63, 3.8) is 0 Å². The summed E-state index contributed by atoms with van der Waals surface area (Å²) >= 11 is 0. The molecule has 1 aliphatic rings. The van der Waals surface area contributed by atoms with Crippen LogP contribution in [0.5, 0.6) is 5.75 Å². The van der Waals surface area contributed by atoms with Gasteiger partial charge in [0.15, 0.2) is 6.61 Å². The Morgan fingerprint density at radius 1 is 1.15 bits per heavy atom. The predicted octanol–water partition coefficient (Wildman–Crippen LogP) is 3.11. The van der Waals surface area contributed by atoms with Crippen LogP contribution in [-0.2, 0) is 9.59 Å². The summed E-state index contributed by atoms with van der Waals surface area (Å²) in [6.45, 7) is 4.69. The summed E-state index contributed by atoms with van der Waals surface area (Å²) < 4.78 is 5.54. The molecule has 5 heteroatoms. The lowest BCUT2D eigenvalue weighted by Crippen LogP contribution is -2.39. The number of benzene rings is 2. The molecule has 0 aliphatic carbocycles. The molecule has 0 aromatic heterocycles. The zero-order chi connectivity index (χ0) is 18.5. The lowest BCUT2D eigenvalue weighted by atomic mass is 10.0. The third kappa shape index (κ3) is 4.42. The van der Waals surface area contributed by atoms with E-state index >= 15 is 0 Å². The summed E-state index contributed by atoms with van der Waals surface area (Å²) in [5.41, 5.74) is 2.09. The summed E-state index contributed by atoms with van der Waals surface area (Å²) in [7, 11) is 0. The maximum absolute atomic E-state index is 12.2. The van der Waals surface area contributed by atoms with Crippen molar-refractivity contribution in [3.05, 3.63) is 60.2 Å². The first kappa shape index (κ1) is 18.0. The molecular weight excluding hydrogens is 328 g/mol. The van der Waals surface area contributed by atoms with Crippen LogP contribution in [0.15, 0.2) is 54.6 Å². The highest BCUT2D eigenvalue weighted by molar-refractivity contribution is 5.96. The number of hydrogen-bond donors (Lipinski definition) is 1. The normalized spacial score (nSPS) is 16.8. The van der Waals surface area contributed by atoms with Gasteiger partial charge >= 0.3 is 0 Å². The number of rotatable bonds is 6. The summed E-state index contributed by atoms with van der Waals surface area (Å²) in [5.74, 6) is 0.926. The molecule has 1 saturated heterocycles. The molecule has 0 unspecified atom stereocenters. The largest absolute Gasteiger partial charge is 0.484 e. The molecule has 1 aliphatic heterocycles. The number of anilines is 1. The van der Waals surface area contributed by atoms with E-state index in [-0.39, 0.29) is 24.5 Å². The molecule has 0 radical (unpaired) electrons. The standard InChI is InChI=1S/C21H24N2O3/c1-15(2)16-8-10-19(11-9-16)26-14-20(24)22-17-12-21(25)23(13-17)18-6-4-3-5-7-18/h3-11,15,17H,12-14H2,1-2H3,(H,22,24)/t17-/m0/s1. The first-order chi connectivity index (χ1) is 12.5. The average molecular weight is 352 g/mol. The highest BCUT2D eigenvalue weighted by atomic mass is 16.5. The fourth-order valence-electron chi connectivity index (χ4n) is 3.03. The van der Waals surface area contributed by atoms with E-state index in [1.807, 2.05) is 54.6 Å². The van der Waals surface area contributed by atoms with E-state index < -0.39 is 0 Å². The molecule has 0 bridgehead atoms. The van der Waals surface area contributed by atoms with E-state index in [2.05, 4.69) is 19.2 Å². The summed E-state index contributed by atoms with van der Waals surface area (Å²) in [4.78, 5) is 26.0. The van der Waals surface area contributed by atoms with Gasteiger partial charge in [0.1, 0.15) is 5.75 Å². The van der Waals surface area contributed by atoms with Crippen LogP contribution in [0.25, 0.3) is 0 Å². The molecule has 5 nitrogen and oxygen atoms in total. The van der Waals surface area contributed by atoms with Crippen LogP contribution in [0.2, 0.25) is 0 Å². The smallest absolute Gasteiger partial charge is 0.258 e. The van der Waals surface area contributed by atoms with E-state index in [1.165, 1.54) is 5.56 Å². The molecule has 2 aromatic rings. The lowest BCUT2D eigenvalue weighted by Gasteiger charge is -2.17. The molecule has 1 heterocycles. The highest BCUT2D eigenvalue weighted by Gasteiger charge is 2.31. The molecule has 2 aromatic carbocycles. The van der Waals surface area contributed by atoms with Gasteiger partial charge < -0.3 is 15.0 Å². The maximum Gasteiger partial charge on any atom is 0.258 e. The van der Waals surface area contributed by atoms with E-state index in [9.17, 15) is 9.59 Å². The quantitative estimate of drug-likeness (QED) is 0.869. The second-order valence-corrected chi connectivity index (χ2v) is 6.82. The molecule has 136 valence electrons. The molecule has 1 atom stereocenters. The summed E-state index contributed by atoms with van der Waals surface area (Å²) in [6, 6.07) is 17.1. The first-order valence-electron chi connectivity index (χ1n) is 8.90. The zero-order valence-electron chi connectivity index (χ0n) is 15.1. The van der Waals surface area contributed by atoms with Crippen LogP contribution in [0.4, 0.5) is 5.69 Å². The minimum atomic E-state index is -0.217. The van der Waals surface area contributed by atoms with Gasteiger partial charge in [-0.3, -0.25) is 9.59 Å². The fraction of sp³-hybridized carbons (Fsp3) is 0.333. The van der Waals surface area contributed by atoms with Gasteiger partial charge in [-0.1, -0.05) is 44.2 Å². The van der Waals surface area contributed by atoms with Crippen LogP contribution >= 0.6 is 0 Å². The minimum absolute atomic E-state index is 0.0201. The number of ether oxygens (including phenoxy) is 1. The third-order valence-corrected chi connectivity index (χ3v) is 4.47. The van der Waals surface area contributed by atoms with Crippen molar-refractivity contribution in [1.82, 2.24) is 5.32 Å². The highest BCUT2D eigenvalue weighted by Crippen LogP contribution is 2.21. The van der Waals surface area contributed by atoms with Crippen LogP contribution in [0.3, 0.4) is 0 Å². The van der Waals surface area contributed by atoms with Crippen LogP contribution in [0, 0.1) is 0 Å². The second kappa shape index (κ2) is 8.04. The van der Waals surface area contributed by atoms with Crippen molar-refractivity contribution >= 4 is 17.5 Å². The van der Waals surface area contributed by atoms with Gasteiger partial charge in [-0.05, 0) is 35.7 Å². The lowest BCUT2D eigenvalue weighted by molar-refractivity contribution is -0.123. The average Bonchev–Trinajstić information content (AvgIpc) is 3.01. The molecule has 1 fully saturated rings. The Kier molecular flexibility index (Phi) is 5.56. The van der Waals surface area contributed by atoms with Crippen LogP contribution in [-0.4, -0.2) is 31.0 Å². The van der Waals surface area contributed by atoms with Gasteiger partial charge in [-0.2, -0.15) is 0 Å². The third-order valence-electron chi connectivity index (χ3n) is 4.47. The van der Waals surface area contributed by atoms with Gasteiger partial charge in [0.2, 0.25) is 5.91 Å². The van der Waals surface area contributed by atoms with E-state index in [4.69, 9.17) is 4.74 Å². The van der Waals surface area contributed by atoms with Crippen LogP contribution in [0.1, 0.15) is 31.7 Å². The molecule has 0 spiro atoms. The summed E-state index contributed by atoms with van der Waals surface area (Å²) in [5, 5.41) is 2.88. The van der Waals surface area contributed by atoms with Crippen molar-refractivity contribution in [1.29, 1.82) is 0 Å². The predicted molar refractivity (Wildman–Crippen MR) is 101 cm³/mol. The number of hydrogen-bond acceptors (Lipinski definition) is 3. The fourth-order valence-corrected chi connectivity index (χ4v) is 3.03. The van der Waals surface area contributed by atoms with Crippen LogP contribution < -0.4 is 15.0 Å². The van der Waals surface area contributed by atoms with Crippen molar-refractivity contribution < 1.29 is 14.3 Å². The molecule has 2 amide bonds. The molecular formula is C21H24N2O3. The van der Waals surface area contributed by atoms with Gasteiger partial charge in [0.05, 0.1) is 6.04 Å². The van der Waals surface area contributed by atoms with Crippen molar-refractivity contribution in [2.45, 2.75) is 32.2 Å². The number of nitrogens with zero attached hydrogens (tertiary/aromatic N) is 1. The van der Waals surface area contributed by atoms with Gasteiger partial charge in [0.25, 0.3) is 5.91 Å².